The predicted molar refractivity (Wildman–Crippen MR) is 116 cm³/mol. The molecule has 3 heterocycles. The molecule has 31 heavy (non-hydrogen) atoms. The van der Waals surface area contributed by atoms with Crippen LogP contribution < -0.4 is 0 Å². The summed E-state index contributed by atoms with van der Waals surface area (Å²) in [5.74, 6) is 0.977. The molecular formula is C24H23N5O2. The van der Waals surface area contributed by atoms with Gasteiger partial charge in [-0.3, -0.25) is 4.79 Å². The van der Waals surface area contributed by atoms with Gasteiger partial charge in [-0.25, -0.2) is 9.97 Å². The van der Waals surface area contributed by atoms with Gasteiger partial charge in [0.15, 0.2) is 0 Å². The summed E-state index contributed by atoms with van der Waals surface area (Å²) in [4.78, 5) is 29.1. The Kier molecular flexibility index (Phi) is 4.94. The van der Waals surface area contributed by atoms with Gasteiger partial charge in [0, 0.05) is 17.7 Å². The Hall–Kier alpha value is -3.61. The fourth-order valence-corrected chi connectivity index (χ4v) is 4.04. The van der Waals surface area contributed by atoms with Crippen molar-refractivity contribution < 1.29 is 9.32 Å². The minimum absolute atomic E-state index is 0.0499. The molecule has 1 atom stereocenters. The molecule has 4 aromatic rings. The molecule has 2 aromatic heterocycles. The van der Waals surface area contributed by atoms with Crippen LogP contribution in [0.5, 0.6) is 0 Å². The van der Waals surface area contributed by atoms with Crippen molar-refractivity contribution in [3.63, 3.8) is 0 Å². The molecule has 5 rings (SSSR count). The number of rotatable bonds is 3. The van der Waals surface area contributed by atoms with Crippen LogP contribution in [0.4, 0.5) is 0 Å². The van der Waals surface area contributed by atoms with E-state index < -0.39 is 0 Å². The number of aryl methyl sites for hydroxylation is 2. The Morgan fingerprint density at radius 3 is 2.55 bits per heavy atom. The normalized spacial score (nSPS) is 16.6. The minimum atomic E-state index is -0.229. The zero-order chi connectivity index (χ0) is 21.4. The summed E-state index contributed by atoms with van der Waals surface area (Å²) < 4.78 is 5.60. The van der Waals surface area contributed by atoms with Crippen LogP contribution in [0.1, 0.15) is 52.9 Å². The topological polar surface area (TPSA) is 85.0 Å². The van der Waals surface area contributed by atoms with E-state index in [0.29, 0.717) is 23.8 Å². The molecule has 1 saturated heterocycles. The number of likely N-dealkylation sites (tertiary alicyclic amines) is 1. The van der Waals surface area contributed by atoms with E-state index in [1.807, 2.05) is 67.3 Å². The number of piperidine rings is 1. The first kappa shape index (κ1) is 19.4. The molecule has 7 nitrogen and oxygen atoms in total. The molecule has 0 aliphatic carbocycles. The van der Waals surface area contributed by atoms with E-state index in [0.717, 1.165) is 47.2 Å². The van der Waals surface area contributed by atoms with Crippen LogP contribution in [0, 0.1) is 13.8 Å². The lowest BCUT2D eigenvalue weighted by atomic mass is 10.0. The quantitative estimate of drug-likeness (QED) is 0.485. The highest BCUT2D eigenvalue weighted by Gasteiger charge is 2.33. The molecule has 0 spiro atoms. The first-order valence-electron chi connectivity index (χ1n) is 10.5. The van der Waals surface area contributed by atoms with Crippen LogP contribution in [0.3, 0.4) is 0 Å². The lowest BCUT2D eigenvalue weighted by Gasteiger charge is -2.33. The third-order valence-corrected chi connectivity index (χ3v) is 5.84. The Bertz CT molecular complexity index is 1250. The summed E-state index contributed by atoms with van der Waals surface area (Å²) in [6.07, 6.45) is 2.76. The van der Waals surface area contributed by atoms with Gasteiger partial charge in [-0.1, -0.05) is 35.5 Å². The molecular weight excluding hydrogens is 390 g/mol. The van der Waals surface area contributed by atoms with Crippen molar-refractivity contribution in [2.75, 3.05) is 6.54 Å². The zero-order valence-corrected chi connectivity index (χ0v) is 17.6. The number of amides is 1. The molecule has 0 unspecified atom stereocenters. The van der Waals surface area contributed by atoms with Crippen molar-refractivity contribution in [1.29, 1.82) is 0 Å². The maximum Gasteiger partial charge on any atom is 0.254 e. The number of carbonyl (C=O) groups excluding carboxylic acids is 1. The van der Waals surface area contributed by atoms with Crippen LogP contribution in [0.25, 0.3) is 22.4 Å². The van der Waals surface area contributed by atoms with Crippen molar-refractivity contribution in [2.45, 2.75) is 39.2 Å². The van der Waals surface area contributed by atoms with Crippen LogP contribution in [0.2, 0.25) is 0 Å². The number of aromatic nitrogens is 4. The smallest absolute Gasteiger partial charge is 0.254 e. The summed E-state index contributed by atoms with van der Waals surface area (Å²) in [5.41, 5.74) is 4.77. The van der Waals surface area contributed by atoms with E-state index in [9.17, 15) is 4.79 Å². The molecule has 0 radical (unpaired) electrons. The van der Waals surface area contributed by atoms with E-state index in [1.165, 1.54) is 0 Å². The molecule has 0 N–H and O–H groups in total. The molecule has 2 aromatic carbocycles. The minimum Gasteiger partial charge on any atom is -0.337 e. The van der Waals surface area contributed by atoms with Gasteiger partial charge in [0.2, 0.25) is 11.7 Å². The first-order valence-corrected chi connectivity index (χ1v) is 10.5. The second-order valence-electron chi connectivity index (χ2n) is 7.93. The Balaban J connectivity index is 1.45. The lowest BCUT2D eigenvalue weighted by Crippen LogP contribution is -2.38. The molecule has 1 fully saturated rings. The zero-order valence-electron chi connectivity index (χ0n) is 17.6. The number of hydrogen-bond donors (Lipinski definition) is 0. The molecule has 1 aliphatic heterocycles. The second kappa shape index (κ2) is 7.91. The summed E-state index contributed by atoms with van der Waals surface area (Å²) >= 11 is 0. The molecule has 156 valence electrons. The largest absolute Gasteiger partial charge is 0.337 e. The number of fused-ring (bicyclic) bond motifs is 1. The van der Waals surface area contributed by atoms with Crippen molar-refractivity contribution >= 4 is 16.9 Å². The van der Waals surface area contributed by atoms with Gasteiger partial charge in [-0.15, -0.1) is 0 Å². The van der Waals surface area contributed by atoms with E-state index in [1.54, 1.807) is 0 Å². The number of benzene rings is 2. The molecule has 1 amide bonds. The Morgan fingerprint density at radius 2 is 1.74 bits per heavy atom. The van der Waals surface area contributed by atoms with Crippen LogP contribution in [-0.2, 0) is 0 Å². The van der Waals surface area contributed by atoms with Crippen molar-refractivity contribution in [3.05, 3.63) is 71.4 Å². The number of hydrogen-bond acceptors (Lipinski definition) is 6. The maximum atomic E-state index is 13.4. The maximum absolute atomic E-state index is 13.4. The lowest BCUT2D eigenvalue weighted by molar-refractivity contribution is 0.0561. The fourth-order valence-electron chi connectivity index (χ4n) is 4.04. The highest BCUT2D eigenvalue weighted by atomic mass is 16.5. The van der Waals surface area contributed by atoms with E-state index in [-0.39, 0.29) is 11.9 Å². The van der Waals surface area contributed by atoms with Gasteiger partial charge in [0.25, 0.3) is 5.91 Å². The van der Waals surface area contributed by atoms with Gasteiger partial charge >= 0.3 is 0 Å². The van der Waals surface area contributed by atoms with Crippen LogP contribution in [0.15, 0.2) is 53.1 Å². The summed E-state index contributed by atoms with van der Waals surface area (Å²) in [5, 5.41) is 4.14. The van der Waals surface area contributed by atoms with E-state index in [4.69, 9.17) is 4.52 Å². The van der Waals surface area contributed by atoms with Crippen molar-refractivity contribution in [3.8, 4) is 11.4 Å². The standard InChI is InChI=1S/C24H23N5O2/c1-15-16(2)26-20-14-18(11-12-19(20)25-15)24(30)29-13-7-6-10-21(29)23-27-22(28-31-23)17-8-4-3-5-9-17/h3-5,8-9,11-12,14,21H,6-7,10,13H2,1-2H3/t21-/m1/s1. The van der Waals surface area contributed by atoms with Gasteiger partial charge < -0.3 is 9.42 Å². The van der Waals surface area contributed by atoms with Crippen LogP contribution >= 0.6 is 0 Å². The number of nitrogens with zero attached hydrogens (tertiary/aromatic N) is 5. The average molecular weight is 413 g/mol. The monoisotopic (exact) mass is 413 g/mol. The van der Waals surface area contributed by atoms with Gasteiger partial charge in [-0.2, -0.15) is 4.98 Å². The van der Waals surface area contributed by atoms with Gasteiger partial charge in [0.05, 0.1) is 22.4 Å². The first-order chi connectivity index (χ1) is 15.1. The van der Waals surface area contributed by atoms with E-state index >= 15 is 0 Å². The molecule has 0 bridgehead atoms. The SMILES string of the molecule is Cc1nc2ccc(C(=O)N3CCCC[C@@H]3c3nc(-c4ccccc4)no3)cc2nc1C. The van der Waals surface area contributed by atoms with Gasteiger partial charge in [-0.05, 0) is 51.3 Å². The molecule has 1 aliphatic rings. The summed E-state index contributed by atoms with van der Waals surface area (Å²) in [7, 11) is 0. The van der Waals surface area contributed by atoms with Crippen LogP contribution in [-0.4, -0.2) is 37.5 Å². The van der Waals surface area contributed by atoms with Gasteiger partial charge in [0.1, 0.15) is 6.04 Å². The summed E-state index contributed by atoms with van der Waals surface area (Å²) in [6.45, 7) is 4.52. The van der Waals surface area contributed by atoms with Crippen molar-refractivity contribution in [1.82, 2.24) is 25.0 Å². The Morgan fingerprint density at radius 1 is 0.968 bits per heavy atom. The Labute approximate surface area is 180 Å². The third kappa shape index (κ3) is 3.67. The molecule has 7 heteroatoms. The third-order valence-electron chi connectivity index (χ3n) is 5.84. The second-order valence-corrected chi connectivity index (χ2v) is 7.93. The predicted octanol–water partition coefficient (Wildman–Crippen LogP) is 4.66. The molecule has 0 saturated carbocycles. The fraction of sp³-hybridized carbons (Fsp3) is 0.292. The van der Waals surface area contributed by atoms with Crippen molar-refractivity contribution in [2.24, 2.45) is 0 Å². The van der Waals surface area contributed by atoms with E-state index in [2.05, 4.69) is 20.1 Å². The highest BCUT2D eigenvalue weighted by molar-refractivity contribution is 5.97. The average Bonchev–Trinajstić information content (AvgIpc) is 3.30. The summed E-state index contributed by atoms with van der Waals surface area (Å²) in [6, 6.07) is 15.0. The number of carbonyl (C=O) groups is 1. The highest BCUT2D eigenvalue weighted by Crippen LogP contribution is 2.32.